The molecular formula is C14H12F3NO. The lowest BCUT2D eigenvalue weighted by atomic mass is 10.2. The van der Waals surface area contributed by atoms with Crippen LogP contribution in [0.2, 0.25) is 0 Å². The van der Waals surface area contributed by atoms with E-state index in [-0.39, 0.29) is 0 Å². The van der Waals surface area contributed by atoms with Gasteiger partial charge >= 0.3 is 6.18 Å². The summed E-state index contributed by atoms with van der Waals surface area (Å²) in [5, 5.41) is 0. The van der Waals surface area contributed by atoms with E-state index in [1.54, 1.807) is 18.2 Å². The molecule has 2 N–H and O–H groups in total. The van der Waals surface area contributed by atoms with Crippen molar-refractivity contribution in [2.45, 2.75) is 13.1 Å². The lowest BCUT2D eigenvalue weighted by Gasteiger charge is -2.10. The van der Waals surface area contributed by atoms with E-state index in [0.717, 1.165) is 17.7 Å². The molecule has 0 fully saturated rings. The molecule has 0 spiro atoms. The highest BCUT2D eigenvalue weighted by Gasteiger charge is 2.30. The third kappa shape index (κ3) is 3.19. The molecule has 2 nitrogen and oxygen atoms in total. The van der Waals surface area contributed by atoms with Gasteiger partial charge in [-0.15, -0.1) is 0 Å². The normalized spacial score (nSPS) is 11.4. The van der Waals surface area contributed by atoms with Crippen LogP contribution in [0.4, 0.5) is 18.9 Å². The molecule has 0 heterocycles. The summed E-state index contributed by atoms with van der Waals surface area (Å²) in [5.41, 5.74) is 6.46. The van der Waals surface area contributed by atoms with Crippen LogP contribution in [-0.4, -0.2) is 0 Å². The fraction of sp³-hybridized carbons (Fsp3) is 0.143. The standard InChI is InChI=1S/C14H12F3NO/c1-9-8-12(6-7-13(9)18)19-11-4-2-10(3-5-11)14(15,16)17/h2-8H,18H2,1H3. The number of alkyl halides is 3. The van der Waals surface area contributed by atoms with E-state index in [1.165, 1.54) is 12.1 Å². The van der Waals surface area contributed by atoms with Crippen LogP contribution in [-0.2, 0) is 6.18 Å². The first-order valence-electron chi connectivity index (χ1n) is 5.57. The summed E-state index contributed by atoms with van der Waals surface area (Å²) in [6.45, 7) is 1.83. The molecule has 0 amide bonds. The maximum absolute atomic E-state index is 12.4. The first kappa shape index (κ1) is 13.3. The number of halogens is 3. The van der Waals surface area contributed by atoms with Gasteiger partial charge < -0.3 is 10.5 Å². The van der Waals surface area contributed by atoms with Crippen molar-refractivity contribution < 1.29 is 17.9 Å². The van der Waals surface area contributed by atoms with Crippen molar-refractivity contribution in [3.05, 3.63) is 53.6 Å². The molecule has 0 radical (unpaired) electrons. The predicted molar refractivity (Wildman–Crippen MR) is 67.1 cm³/mol. The Kier molecular flexibility index (Phi) is 3.38. The molecule has 0 atom stereocenters. The zero-order valence-corrected chi connectivity index (χ0v) is 10.2. The largest absolute Gasteiger partial charge is 0.457 e. The van der Waals surface area contributed by atoms with E-state index in [2.05, 4.69) is 0 Å². The fourth-order valence-corrected chi connectivity index (χ4v) is 1.56. The molecule has 19 heavy (non-hydrogen) atoms. The van der Waals surface area contributed by atoms with E-state index in [9.17, 15) is 13.2 Å². The number of nitrogens with two attached hydrogens (primary N) is 1. The molecule has 0 aliphatic rings. The molecule has 0 aliphatic carbocycles. The topological polar surface area (TPSA) is 35.2 Å². The van der Waals surface area contributed by atoms with Crippen molar-refractivity contribution in [1.29, 1.82) is 0 Å². The lowest BCUT2D eigenvalue weighted by Crippen LogP contribution is -2.04. The van der Waals surface area contributed by atoms with E-state index < -0.39 is 11.7 Å². The van der Waals surface area contributed by atoms with Gasteiger partial charge in [-0.05, 0) is 55.0 Å². The van der Waals surface area contributed by atoms with Crippen molar-refractivity contribution in [3.8, 4) is 11.5 Å². The summed E-state index contributed by atoms with van der Waals surface area (Å²) >= 11 is 0. The highest BCUT2D eigenvalue weighted by molar-refractivity contribution is 5.50. The zero-order chi connectivity index (χ0) is 14.0. The number of ether oxygens (including phenoxy) is 1. The minimum Gasteiger partial charge on any atom is -0.457 e. The lowest BCUT2D eigenvalue weighted by molar-refractivity contribution is -0.137. The third-order valence-corrected chi connectivity index (χ3v) is 2.66. The molecule has 5 heteroatoms. The van der Waals surface area contributed by atoms with Crippen LogP contribution >= 0.6 is 0 Å². The van der Waals surface area contributed by atoms with Crippen molar-refractivity contribution in [2.75, 3.05) is 5.73 Å². The maximum Gasteiger partial charge on any atom is 0.416 e. The summed E-state index contributed by atoms with van der Waals surface area (Å²) in [6.07, 6.45) is -4.34. The second kappa shape index (κ2) is 4.84. The smallest absolute Gasteiger partial charge is 0.416 e. The quantitative estimate of drug-likeness (QED) is 0.819. The Morgan fingerprint density at radius 2 is 1.53 bits per heavy atom. The summed E-state index contributed by atoms with van der Waals surface area (Å²) in [4.78, 5) is 0. The second-order valence-corrected chi connectivity index (χ2v) is 4.14. The molecule has 2 rings (SSSR count). The van der Waals surface area contributed by atoms with E-state index in [0.29, 0.717) is 17.2 Å². The first-order valence-corrected chi connectivity index (χ1v) is 5.57. The van der Waals surface area contributed by atoms with Gasteiger partial charge in [-0.25, -0.2) is 0 Å². The molecule has 0 unspecified atom stereocenters. The number of hydrogen-bond acceptors (Lipinski definition) is 2. The second-order valence-electron chi connectivity index (χ2n) is 4.14. The fourth-order valence-electron chi connectivity index (χ4n) is 1.56. The SMILES string of the molecule is Cc1cc(Oc2ccc(C(F)(F)F)cc2)ccc1N. The highest BCUT2D eigenvalue weighted by Crippen LogP contribution is 2.31. The maximum atomic E-state index is 12.4. The van der Waals surface area contributed by atoms with Crippen molar-refractivity contribution >= 4 is 5.69 Å². The molecule has 0 aliphatic heterocycles. The Hall–Kier alpha value is -2.17. The predicted octanol–water partition coefficient (Wildman–Crippen LogP) is 4.39. The molecule has 2 aromatic carbocycles. The van der Waals surface area contributed by atoms with Gasteiger partial charge in [0.05, 0.1) is 5.56 Å². The van der Waals surface area contributed by atoms with Gasteiger partial charge in [-0.3, -0.25) is 0 Å². The van der Waals surface area contributed by atoms with Crippen LogP contribution in [0.15, 0.2) is 42.5 Å². The van der Waals surface area contributed by atoms with Crippen molar-refractivity contribution in [1.82, 2.24) is 0 Å². The molecule has 2 aromatic rings. The van der Waals surface area contributed by atoms with Crippen LogP contribution in [0.3, 0.4) is 0 Å². The van der Waals surface area contributed by atoms with Gasteiger partial charge in [0, 0.05) is 5.69 Å². The van der Waals surface area contributed by atoms with E-state index in [1.807, 2.05) is 6.92 Å². The number of anilines is 1. The van der Waals surface area contributed by atoms with Crippen molar-refractivity contribution in [2.24, 2.45) is 0 Å². The van der Waals surface area contributed by atoms with E-state index in [4.69, 9.17) is 10.5 Å². The highest BCUT2D eigenvalue weighted by atomic mass is 19.4. The minimum atomic E-state index is -4.34. The molecule has 0 bridgehead atoms. The van der Waals surface area contributed by atoms with E-state index >= 15 is 0 Å². The molecule has 100 valence electrons. The molecule has 0 saturated heterocycles. The Bertz CT molecular complexity index is 576. The average molecular weight is 267 g/mol. The van der Waals surface area contributed by atoms with Gasteiger partial charge in [-0.2, -0.15) is 13.2 Å². The van der Waals surface area contributed by atoms with Crippen LogP contribution in [0.5, 0.6) is 11.5 Å². The van der Waals surface area contributed by atoms with Gasteiger partial charge in [0.2, 0.25) is 0 Å². The summed E-state index contributed by atoms with van der Waals surface area (Å²) in [5.74, 6) is 0.878. The first-order chi connectivity index (χ1) is 8.86. The Morgan fingerprint density at radius 1 is 0.947 bits per heavy atom. The minimum absolute atomic E-state index is 0.345. The average Bonchev–Trinajstić information content (AvgIpc) is 2.33. The summed E-state index contributed by atoms with van der Waals surface area (Å²) < 4.78 is 42.6. The van der Waals surface area contributed by atoms with Crippen LogP contribution in [0.1, 0.15) is 11.1 Å². The Morgan fingerprint density at radius 3 is 2.05 bits per heavy atom. The van der Waals surface area contributed by atoms with Crippen LogP contribution < -0.4 is 10.5 Å². The van der Waals surface area contributed by atoms with Crippen molar-refractivity contribution in [3.63, 3.8) is 0 Å². The van der Waals surface area contributed by atoms with Gasteiger partial charge in [0.1, 0.15) is 11.5 Å². The number of nitrogen functional groups attached to an aromatic ring is 1. The van der Waals surface area contributed by atoms with Gasteiger partial charge in [-0.1, -0.05) is 0 Å². The molecular weight excluding hydrogens is 255 g/mol. The zero-order valence-electron chi connectivity index (χ0n) is 10.2. The van der Waals surface area contributed by atoms with Crippen LogP contribution in [0, 0.1) is 6.92 Å². The number of benzene rings is 2. The number of hydrogen-bond donors (Lipinski definition) is 1. The Balaban J connectivity index is 2.17. The Labute approximate surface area is 108 Å². The molecule has 0 saturated carbocycles. The summed E-state index contributed by atoms with van der Waals surface area (Å²) in [7, 11) is 0. The molecule has 0 aromatic heterocycles. The monoisotopic (exact) mass is 267 g/mol. The van der Waals surface area contributed by atoms with Crippen LogP contribution in [0.25, 0.3) is 0 Å². The number of aryl methyl sites for hydroxylation is 1. The third-order valence-electron chi connectivity index (χ3n) is 2.66. The van der Waals surface area contributed by atoms with Gasteiger partial charge in [0.25, 0.3) is 0 Å². The van der Waals surface area contributed by atoms with Gasteiger partial charge in [0.15, 0.2) is 0 Å². The number of rotatable bonds is 2. The summed E-state index contributed by atoms with van der Waals surface area (Å²) in [6, 6.07) is 9.63.